The van der Waals surface area contributed by atoms with Gasteiger partial charge in [-0.05, 0) is 24.3 Å². The highest BCUT2D eigenvalue weighted by molar-refractivity contribution is 6.34. The van der Waals surface area contributed by atoms with Gasteiger partial charge in [0, 0.05) is 0 Å². The number of nitrogens with one attached hydrogen (secondary N) is 1. The van der Waals surface area contributed by atoms with Crippen LogP contribution in [0.15, 0.2) is 24.3 Å². The van der Waals surface area contributed by atoms with Gasteiger partial charge in [-0.3, -0.25) is 0 Å². The van der Waals surface area contributed by atoms with E-state index in [1.165, 1.54) is 12.1 Å². The largest absolute Gasteiger partial charge is 0.418 e. The summed E-state index contributed by atoms with van der Waals surface area (Å²) in [7, 11) is 0. The molecule has 3 aromatic rings. The van der Waals surface area contributed by atoms with E-state index in [2.05, 4.69) is 15.0 Å². The van der Waals surface area contributed by atoms with Crippen LogP contribution in [-0.4, -0.2) is 15.0 Å². The van der Waals surface area contributed by atoms with Crippen molar-refractivity contribution in [3.63, 3.8) is 0 Å². The topological polar surface area (TPSA) is 41.6 Å². The van der Waals surface area contributed by atoms with Gasteiger partial charge in [0.1, 0.15) is 21.6 Å². The Hall–Kier alpha value is -2.00. The Morgan fingerprint density at radius 1 is 0.880 bits per heavy atom. The molecule has 0 saturated carbocycles. The van der Waals surface area contributed by atoms with E-state index in [0.29, 0.717) is 6.07 Å². The molecule has 0 fully saturated rings. The fraction of sp³-hybridized carbons (Fsp3) is 0.143. The van der Waals surface area contributed by atoms with E-state index < -0.39 is 34.5 Å². The van der Waals surface area contributed by atoms with Crippen molar-refractivity contribution in [3.8, 4) is 11.4 Å². The first-order valence-corrected chi connectivity index (χ1v) is 7.23. The summed E-state index contributed by atoms with van der Waals surface area (Å²) in [4.78, 5) is 9.89. The van der Waals surface area contributed by atoms with Crippen LogP contribution in [0.25, 0.3) is 22.4 Å². The van der Waals surface area contributed by atoms with Crippen molar-refractivity contribution in [2.45, 2.75) is 12.4 Å². The number of halogens is 8. The summed E-state index contributed by atoms with van der Waals surface area (Å²) in [5.41, 5.74) is -3.92. The Labute approximate surface area is 145 Å². The highest BCUT2D eigenvalue weighted by Crippen LogP contribution is 2.40. The fourth-order valence-electron chi connectivity index (χ4n) is 2.21. The SMILES string of the molecule is FC(F)(F)c1cc(C(F)(F)F)c2nc(-c3ccc(Cl)nc3Cl)[nH]c2c1. The molecule has 0 bridgehead atoms. The van der Waals surface area contributed by atoms with Crippen LogP contribution in [0.4, 0.5) is 26.3 Å². The zero-order valence-corrected chi connectivity index (χ0v) is 13.2. The number of nitrogens with zero attached hydrogens (tertiary/aromatic N) is 2. The molecule has 1 aromatic carbocycles. The molecule has 0 aliphatic heterocycles. The molecule has 0 aliphatic carbocycles. The zero-order chi connectivity index (χ0) is 18.6. The number of fused-ring (bicyclic) bond motifs is 1. The van der Waals surface area contributed by atoms with E-state index in [4.69, 9.17) is 23.2 Å². The van der Waals surface area contributed by atoms with Gasteiger partial charge in [-0.1, -0.05) is 23.2 Å². The summed E-state index contributed by atoms with van der Waals surface area (Å²) in [6, 6.07) is 3.24. The van der Waals surface area contributed by atoms with Crippen LogP contribution in [-0.2, 0) is 12.4 Å². The third kappa shape index (κ3) is 3.38. The normalized spacial score (nSPS) is 12.8. The number of pyridine rings is 1. The van der Waals surface area contributed by atoms with Crippen molar-refractivity contribution in [2.24, 2.45) is 0 Å². The quantitative estimate of drug-likeness (QED) is 0.404. The highest BCUT2D eigenvalue weighted by Gasteiger charge is 2.39. The van der Waals surface area contributed by atoms with Gasteiger partial charge in [-0.15, -0.1) is 0 Å². The van der Waals surface area contributed by atoms with Crippen LogP contribution in [0, 0.1) is 0 Å². The van der Waals surface area contributed by atoms with E-state index in [0.717, 1.165) is 0 Å². The molecule has 25 heavy (non-hydrogen) atoms. The van der Waals surface area contributed by atoms with E-state index in [1.54, 1.807) is 0 Å². The number of hydrogen-bond acceptors (Lipinski definition) is 2. The zero-order valence-electron chi connectivity index (χ0n) is 11.7. The Kier molecular flexibility index (Phi) is 4.11. The van der Waals surface area contributed by atoms with Gasteiger partial charge in [-0.2, -0.15) is 26.3 Å². The molecule has 2 heterocycles. The lowest BCUT2D eigenvalue weighted by Crippen LogP contribution is -2.11. The molecule has 0 saturated heterocycles. The lowest BCUT2D eigenvalue weighted by atomic mass is 10.1. The minimum absolute atomic E-state index is 0.0225. The third-order valence-corrected chi connectivity index (χ3v) is 3.79. The minimum Gasteiger partial charge on any atom is -0.338 e. The summed E-state index contributed by atoms with van der Waals surface area (Å²) in [6.07, 6.45) is -9.97. The van der Waals surface area contributed by atoms with Crippen LogP contribution >= 0.6 is 23.2 Å². The van der Waals surface area contributed by atoms with Crippen LogP contribution in [0.3, 0.4) is 0 Å². The molecule has 1 N–H and O–H groups in total. The lowest BCUT2D eigenvalue weighted by Gasteiger charge is -2.11. The van der Waals surface area contributed by atoms with Crippen molar-refractivity contribution in [2.75, 3.05) is 0 Å². The molecule has 0 spiro atoms. The van der Waals surface area contributed by atoms with Crippen LogP contribution in [0.2, 0.25) is 10.3 Å². The molecular weight excluding hydrogens is 395 g/mol. The molecule has 132 valence electrons. The lowest BCUT2D eigenvalue weighted by molar-refractivity contribution is -0.142. The average molecular weight is 400 g/mol. The second-order valence-corrected chi connectivity index (χ2v) is 5.72. The number of imidazole rings is 1. The van der Waals surface area contributed by atoms with Crippen molar-refractivity contribution < 1.29 is 26.3 Å². The molecule has 2 aromatic heterocycles. The first kappa shape index (κ1) is 17.8. The first-order valence-electron chi connectivity index (χ1n) is 6.47. The van der Waals surface area contributed by atoms with Crippen molar-refractivity contribution in [1.82, 2.24) is 15.0 Å². The van der Waals surface area contributed by atoms with Gasteiger partial charge >= 0.3 is 12.4 Å². The Morgan fingerprint density at radius 2 is 1.56 bits per heavy atom. The number of H-pyrrole nitrogens is 1. The second-order valence-electron chi connectivity index (χ2n) is 4.97. The maximum Gasteiger partial charge on any atom is 0.418 e. The number of aromatic nitrogens is 3. The number of rotatable bonds is 1. The van der Waals surface area contributed by atoms with E-state index in [-0.39, 0.29) is 27.8 Å². The van der Waals surface area contributed by atoms with E-state index >= 15 is 0 Å². The summed E-state index contributed by atoms with van der Waals surface area (Å²) < 4.78 is 78.1. The first-order chi connectivity index (χ1) is 11.5. The summed E-state index contributed by atoms with van der Waals surface area (Å²) in [6.45, 7) is 0. The summed E-state index contributed by atoms with van der Waals surface area (Å²) in [5, 5.41) is -0.114. The van der Waals surface area contributed by atoms with Crippen LogP contribution < -0.4 is 0 Å². The third-order valence-electron chi connectivity index (χ3n) is 3.29. The molecule has 0 unspecified atom stereocenters. The standard InChI is InChI=1S/C14H5Cl2F6N3/c15-9-2-1-6(11(16)24-9)12-23-8-4-5(13(17,18)19)3-7(10(8)25-12)14(20,21)22/h1-4H,(H,23,25). The number of aromatic amines is 1. The smallest absolute Gasteiger partial charge is 0.338 e. The van der Waals surface area contributed by atoms with Crippen molar-refractivity contribution in [1.29, 1.82) is 0 Å². The number of hydrogen-bond donors (Lipinski definition) is 1. The number of benzene rings is 1. The van der Waals surface area contributed by atoms with Gasteiger partial charge in [0.25, 0.3) is 0 Å². The van der Waals surface area contributed by atoms with Crippen LogP contribution in [0.1, 0.15) is 11.1 Å². The summed E-state index contributed by atoms with van der Waals surface area (Å²) >= 11 is 11.5. The molecule has 0 atom stereocenters. The van der Waals surface area contributed by atoms with E-state index in [1.807, 2.05) is 0 Å². The fourth-order valence-corrected chi connectivity index (χ4v) is 2.65. The van der Waals surface area contributed by atoms with Gasteiger partial charge in [-0.25, -0.2) is 9.97 Å². The molecule has 0 radical (unpaired) electrons. The average Bonchev–Trinajstić information content (AvgIpc) is 2.87. The Balaban J connectivity index is 2.29. The Morgan fingerprint density at radius 3 is 2.12 bits per heavy atom. The Bertz CT molecular complexity index is 962. The van der Waals surface area contributed by atoms with Crippen molar-refractivity contribution in [3.05, 3.63) is 45.7 Å². The molecule has 3 nitrogen and oxygen atoms in total. The summed E-state index contributed by atoms with van der Waals surface area (Å²) in [5.74, 6) is -0.158. The number of alkyl halides is 6. The predicted molar refractivity (Wildman–Crippen MR) is 79.3 cm³/mol. The second kappa shape index (κ2) is 5.77. The minimum atomic E-state index is -5.02. The molecule has 3 rings (SSSR count). The molecule has 11 heteroatoms. The van der Waals surface area contributed by atoms with Crippen LogP contribution in [0.5, 0.6) is 0 Å². The van der Waals surface area contributed by atoms with Crippen molar-refractivity contribution >= 4 is 34.2 Å². The maximum absolute atomic E-state index is 13.2. The van der Waals surface area contributed by atoms with Gasteiger partial charge in [0.15, 0.2) is 0 Å². The molecule has 0 aliphatic rings. The predicted octanol–water partition coefficient (Wildman–Crippen LogP) is 5.97. The van der Waals surface area contributed by atoms with E-state index in [9.17, 15) is 26.3 Å². The van der Waals surface area contributed by atoms with Gasteiger partial charge in [0.05, 0.1) is 22.2 Å². The molecule has 0 amide bonds. The monoisotopic (exact) mass is 399 g/mol. The van der Waals surface area contributed by atoms with Gasteiger partial charge in [0.2, 0.25) is 0 Å². The van der Waals surface area contributed by atoms with Gasteiger partial charge < -0.3 is 4.98 Å². The highest BCUT2D eigenvalue weighted by atomic mass is 35.5. The molecular formula is C14H5Cl2F6N3. The maximum atomic E-state index is 13.2.